The van der Waals surface area contributed by atoms with Crippen molar-refractivity contribution >= 4 is 69.8 Å². The summed E-state index contributed by atoms with van der Waals surface area (Å²) in [7, 11) is 1.11. The Morgan fingerprint density at radius 3 is 1.73 bits per heavy atom. The summed E-state index contributed by atoms with van der Waals surface area (Å²) in [4.78, 5) is 99.7. The van der Waals surface area contributed by atoms with Crippen LogP contribution >= 0.6 is 0 Å². The highest BCUT2D eigenvalue weighted by Gasteiger charge is 2.34. The molecular formula is C43H39N7O13. The average Bonchev–Trinajstić information content (AvgIpc) is 3.25. The highest BCUT2D eigenvalue weighted by atomic mass is 16.6. The van der Waals surface area contributed by atoms with Crippen LogP contribution < -0.4 is 37.1 Å². The van der Waals surface area contributed by atoms with Gasteiger partial charge in [0.05, 0.1) is 28.3 Å². The number of phenolic OH excluding ortho intramolecular Hbond substituents is 1. The second kappa shape index (κ2) is 20.1. The van der Waals surface area contributed by atoms with E-state index in [0.717, 1.165) is 7.11 Å². The van der Waals surface area contributed by atoms with Gasteiger partial charge in [0.2, 0.25) is 11.8 Å². The summed E-state index contributed by atoms with van der Waals surface area (Å²) in [5.41, 5.74) is 6.60. The van der Waals surface area contributed by atoms with Crippen molar-refractivity contribution in [2.24, 2.45) is 5.73 Å². The largest absolute Gasteiger partial charge is 0.504 e. The van der Waals surface area contributed by atoms with Crippen LogP contribution in [-0.2, 0) is 14.3 Å². The topological polar surface area (TPSA) is 308 Å². The van der Waals surface area contributed by atoms with Crippen LogP contribution in [0.25, 0.3) is 0 Å². The third-order valence-corrected chi connectivity index (χ3v) is 9.20. The molecule has 2 unspecified atom stereocenters. The number of hydrogen-bond donors (Lipinski definition) is 8. The maximum Gasteiger partial charge on any atom is 0.335 e. The molecule has 20 heteroatoms. The van der Waals surface area contributed by atoms with Crippen molar-refractivity contribution in [2.75, 3.05) is 35.0 Å². The molecule has 6 amide bonds. The van der Waals surface area contributed by atoms with E-state index >= 15 is 0 Å². The molecule has 9 N–H and O–H groups in total. The number of nitrogens with two attached hydrogens (primary N) is 1. The Balaban J connectivity index is 1.24. The Morgan fingerprint density at radius 1 is 0.698 bits per heavy atom. The smallest absolute Gasteiger partial charge is 0.335 e. The number of aromatic carboxylic acids is 1. The number of ether oxygens (including phenoxy) is 2. The number of carbonyl (C=O) groups excluding carboxylic acids is 6. The number of carboxylic acids is 1. The van der Waals surface area contributed by atoms with Gasteiger partial charge in [0, 0.05) is 53.0 Å². The van der Waals surface area contributed by atoms with E-state index in [1.54, 1.807) is 13.8 Å². The molecule has 2 atom stereocenters. The van der Waals surface area contributed by atoms with Crippen molar-refractivity contribution in [3.63, 3.8) is 0 Å². The van der Waals surface area contributed by atoms with E-state index in [4.69, 9.17) is 15.2 Å². The summed E-state index contributed by atoms with van der Waals surface area (Å²) in [5.74, 6) is -6.66. The Labute approximate surface area is 357 Å². The fourth-order valence-corrected chi connectivity index (χ4v) is 5.95. The third kappa shape index (κ3) is 11.1. The number of methoxy groups -OCH3 is 1. The number of phenols is 1. The number of aryl methyl sites for hydroxylation is 1. The van der Waals surface area contributed by atoms with Crippen LogP contribution in [0, 0.1) is 17.0 Å². The number of nitrogens with zero attached hydrogens (tertiary/aromatic N) is 1. The number of amides is 6. The molecule has 20 nitrogen and oxygen atoms in total. The fraction of sp³-hybridized carbons (Fsp3) is 0.140. The van der Waals surface area contributed by atoms with Crippen LogP contribution in [-0.4, -0.2) is 82.4 Å². The van der Waals surface area contributed by atoms with Crippen molar-refractivity contribution in [1.82, 2.24) is 5.32 Å². The molecule has 0 heterocycles. The normalized spacial score (nSPS) is 11.5. The lowest BCUT2D eigenvalue weighted by Gasteiger charge is -2.24. The molecule has 324 valence electrons. The predicted molar refractivity (Wildman–Crippen MR) is 227 cm³/mol. The van der Waals surface area contributed by atoms with Gasteiger partial charge in [-0.25, -0.2) is 4.79 Å². The molecule has 0 bridgehead atoms. The van der Waals surface area contributed by atoms with E-state index in [2.05, 4.69) is 26.6 Å². The van der Waals surface area contributed by atoms with Gasteiger partial charge in [0.1, 0.15) is 6.04 Å². The van der Waals surface area contributed by atoms with Crippen LogP contribution in [0.3, 0.4) is 0 Å². The molecule has 0 radical (unpaired) electrons. The van der Waals surface area contributed by atoms with Crippen molar-refractivity contribution < 1.29 is 58.2 Å². The lowest BCUT2D eigenvalue weighted by atomic mass is 10.1. The number of aromatic hydroxyl groups is 1. The first-order valence-electron chi connectivity index (χ1n) is 18.7. The zero-order valence-corrected chi connectivity index (χ0v) is 33.6. The van der Waals surface area contributed by atoms with E-state index in [1.807, 2.05) is 0 Å². The number of non-ortho nitro benzene ring substituents is 1. The van der Waals surface area contributed by atoms with E-state index in [0.29, 0.717) is 11.3 Å². The van der Waals surface area contributed by atoms with E-state index in [1.165, 1.54) is 103 Å². The van der Waals surface area contributed by atoms with Gasteiger partial charge in [-0.2, -0.15) is 0 Å². The Kier molecular flexibility index (Phi) is 14.5. The number of carbonyl (C=O) groups is 7. The minimum absolute atomic E-state index is 0.0209. The van der Waals surface area contributed by atoms with Gasteiger partial charge in [-0.15, -0.1) is 0 Å². The number of nitro groups is 1. The summed E-state index contributed by atoms with van der Waals surface area (Å²) in [6, 6.07) is 20.9. The van der Waals surface area contributed by atoms with Gasteiger partial charge in [0.25, 0.3) is 29.3 Å². The number of primary amides is 1. The maximum atomic E-state index is 13.5. The molecule has 0 aliphatic heterocycles. The minimum atomic E-state index is -1.65. The van der Waals surface area contributed by atoms with Crippen molar-refractivity contribution in [1.29, 1.82) is 0 Å². The molecule has 0 aliphatic carbocycles. The lowest BCUT2D eigenvalue weighted by Crippen LogP contribution is -2.56. The zero-order chi connectivity index (χ0) is 46.0. The van der Waals surface area contributed by atoms with Crippen molar-refractivity contribution in [2.45, 2.75) is 26.0 Å². The summed E-state index contributed by atoms with van der Waals surface area (Å²) in [5, 5.41) is 44.0. The second-order valence-electron chi connectivity index (χ2n) is 13.4. The third-order valence-electron chi connectivity index (χ3n) is 9.20. The number of rotatable bonds is 17. The molecule has 0 aromatic heterocycles. The number of anilines is 4. The van der Waals surface area contributed by atoms with Gasteiger partial charge < -0.3 is 52.0 Å². The van der Waals surface area contributed by atoms with E-state index in [-0.39, 0.29) is 62.9 Å². The summed E-state index contributed by atoms with van der Waals surface area (Å²) in [6.07, 6.45) is -1.62. The molecule has 5 rings (SSSR count). The molecule has 5 aromatic carbocycles. The van der Waals surface area contributed by atoms with Crippen LogP contribution in [0.4, 0.5) is 28.4 Å². The summed E-state index contributed by atoms with van der Waals surface area (Å²) < 4.78 is 10.7. The molecule has 63 heavy (non-hydrogen) atoms. The van der Waals surface area contributed by atoms with Gasteiger partial charge in [-0.1, -0.05) is 0 Å². The highest BCUT2D eigenvalue weighted by Crippen LogP contribution is 2.38. The quantitative estimate of drug-likeness (QED) is 0.0465. The molecule has 0 fully saturated rings. The zero-order valence-electron chi connectivity index (χ0n) is 33.6. The number of benzene rings is 5. The van der Waals surface area contributed by atoms with Gasteiger partial charge in [-0.05, 0) is 110 Å². The number of hydrogen-bond acceptors (Lipinski definition) is 12. The monoisotopic (exact) mass is 861 g/mol. The first-order valence-corrected chi connectivity index (χ1v) is 18.7. The molecule has 0 aliphatic rings. The van der Waals surface area contributed by atoms with Crippen LogP contribution in [0.2, 0.25) is 0 Å². The number of carboxylic acid groups (broad SMARTS) is 1. The highest BCUT2D eigenvalue weighted by molar-refractivity contribution is 6.10. The Hall–Kier alpha value is -8.65. The van der Waals surface area contributed by atoms with Crippen LogP contribution in [0.15, 0.2) is 103 Å². The summed E-state index contributed by atoms with van der Waals surface area (Å²) >= 11 is 0. The molecule has 0 saturated heterocycles. The van der Waals surface area contributed by atoms with Crippen molar-refractivity contribution in [3.05, 3.63) is 147 Å². The summed E-state index contributed by atoms with van der Waals surface area (Å²) in [6.45, 7) is 3.28. The standard InChI is InChI=1S/C43H39N7O13/c1-4-63-35-32(20-18-30(34(35)51)41(56)47-31-19-11-26(43(58)59)21-22(31)2)48-39(54)23-5-14-28(15-6-23)46-42(57)33(36(62-3)37(44)52)49-40(55)24-7-12-27(13-8-24)45-38(53)25-9-16-29(17-10-25)50(60)61/h5-21,33,36,51H,4H2,1-3H3,(H2,44,52)(H,45,53)(H,46,57)(H,47,56)(H,48,54)(H,49,55)(H,58,59). The van der Waals surface area contributed by atoms with Crippen LogP contribution in [0.1, 0.15) is 64.3 Å². The van der Waals surface area contributed by atoms with Gasteiger partial charge in [-0.3, -0.25) is 38.9 Å². The Morgan fingerprint density at radius 2 is 1.21 bits per heavy atom. The first kappa shape index (κ1) is 45.4. The Bertz CT molecular complexity index is 2600. The average molecular weight is 862 g/mol. The van der Waals surface area contributed by atoms with E-state index in [9.17, 15) is 53.9 Å². The van der Waals surface area contributed by atoms with Crippen LogP contribution in [0.5, 0.6) is 11.5 Å². The molecule has 0 saturated carbocycles. The van der Waals surface area contributed by atoms with Gasteiger partial charge in [0.15, 0.2) is 17.6 Å². The van der Waals surface area contributed by atoms with Crippen molar-refractivity contribution in [3.8, 4) is 11.5 Å². The number of nitro benzene ring substituents is 1. The molecule has 0 spiro atoms. The first-order chi connectivity index (χ1) is 30.0. The maximum absolute atomic E-state index is 13.5. The van der Waals surface area contributed by atoms with Gasteiger partial charge >= 0.3 is 5.97 Å². The molecular weight excluding hydrogens is 823 g/mol. The fourth-order valence-electron chi connectivity index (χ4n) is 5.95. The predicted octanol–water partition coefficient (Wildman–Crippen LogP) is 4.70. The minimum Gasteiger partial charge on any atom is -0.504 e. The lowest BCUT2D eigenvalue weighted by molar-refractivity contribution is -0.384. The number of nitrogens with one attached hydrogen (secondary N) is 5. The SMILES string of the molecule is CCOc1c(NC(=O)c2ccc(NC(=O)C(NC(=O)c3ccc(NC(=O)c4ccc([N+](=O)[O-])cc4)cc3)C(OC)C(N)=O)cc2)ccc(C(=O)Nc2ccc(C(=O)O)cc2C)c1O. The molecule has 5 aromatic rings. The van der Waals surface area contributed by atoms with E-state index < -0.39 is 64.2 Å². The second-order valence-corrected chi connectivity index (χ2v) is 13.4.